The molecule has 4 aromatic rings. The van der Waals surface area contributed by atoms with E-state index in [1.165, 1.54) is 0 Å². The van der Waals surface area contributed by atoms with Gasteiger partial charge in [0.05, 0.1) is 97.9 Å². The van der Waals surface area contributed by atoms with Crippen molar-refractivity contribution in [3.05, 3.63) is 118 Å². The van der Waals surface area contributed by atoms with Gasteiger partial charge in [-0.2, -0.15) is 0 Å². The molecule has 806 valence electrons. The van der Waals surface area contributed by atoms with Crippen LogP contribution in [0, 0.1) is 0 Å². The fourth-order valence-electron chi connectivity index (χ4n) is 18.5. The molecule has 0 radical (unpaired) electrons. The molecule has 0 fully saturated rings. The van der Waals surface area contributed by atoms with Crippen molar-refractivity contribution >= 4 is 95.3 Å². The molecule has 0 spiro atoms. The van der Waals surface area contributed by atoms with E-state index in [0.29, 0.717) is 123 Å². The van der Waals surface area contributed by atoms with Gasteiger partial charge in [0, 0.05) is 209 Å². The summed E-state index contributed by atoms with van der Waals surface area (Å²) in [4.78, 5) is 247. The quantitative estimate of drug-likeness (QED) is 0.0214. The number of unbranched alkanes of at least 4 members (excludes halogenated alkanes) is 1. The monoisotopic (exact) mass is 2050 g/mol. The number of hydrogen-bond acceptors (Lipinski definition) is 34. The number of nitrogens with zero attached hydrogens (tertiary/aromatic N) is 18. The number of carbonyl (C=O) groups excluding carboxylic acids is 4. The molecule has 8 bridgehead atoms. The van der Waals surface area contributed by atoms with Gasteiger partial charge in [0.25, 0.3) is 0 Å². The molecule has 8 rings (SSSR count). The number of amides is 4. The molecule has 4 atom stereocenters. The summed E-state index contributed by atoms with van der Waals surface area (Å²) in [5.74, 6) is -15.9. The number of nitrogens with one attached hydrogen (secondary N) is 4. The zero-order chi connectivity index (χ0) is 106. The highest BCUT2D eigenvalue weighted by molar-refractivity contribution is 5.81. The van der Waals surface area contributed by atoms with Crippen molar-refractivity contribution < 1.29 is 138 Å². The van der Waals surface area contributed by atoms with E-state index in [1.54, 1.807) is 132 Å². The van der Waals surface area contributed by atoms with Crippen LogP contribution in [0.2, 0.25) is 0 Å². The van der Waals surface area contributed by atoms with Crippen molar-refractivity contribution in [3.8, 4) is 0 Å². The van der Waals surface area contributed by atoms with E-state index in [4.69, 9.17) is 0 Å². The molecule has 4 aliphatic heterocycles. The molecule has 4 aliphatic rings. The molecule has 0 saturated heterocycles. The Morgan fingerprint density at radius 3 is 0.527 bits per heavy atom. The van der Waals surface area contributed by atoms with Gasteiger partial charge in [0.1, 0.15) is 24.2 Å². The predicted molar refractivity (Wildman–Crippen MR) is 522 cm³/mol. The Labute approximate surface area is 846 Å². The van der Waals surface area contributed by atoms with Crippen molar-refractivity contribution in [2.45, 2.75) is 166 Å². The Kier molecular flexibility index (Phi) is 52.0. The highest BCUT2D eigenvalue weighted by Crippen LogP contribution is 2.22. The first-order valence-electron chi connectivity index (χ1n) is 49.5. The normalized spacial score (nSPS) is 17.3. The lowest BCUT2D eigenvalue weighted by molar-refractivity contribution is -0.145. The highest BCUT2D eigenvalue weighted by atomic mass is 16.4. The summed E-state index contributed by atoms with van der Waals surface area (Å²) in [6.07, 6.45) is 0.950. The first kappa shape index (κ1) is 119. The van der Waals surface area contributed by atoms with E-state index >= 15 is 0 Å². The van der Waals surface area contributed by atoms with Gasteiger partial charge in [-0.25, -0.2) is 0 Å². The van der Waals surface area contributed by atoms with Gasteiger partial charge >= 0.3 is 71.6 Å². The summed E-state index contributed by atoms with van der Waals surface area (Å²) in [6, 6.07) is 15.7. The molecule has 50 nitrogen and oxygen atoms in total. The molecule has 0 aromatic carbocycles. The fraction of sp³-hybridized carbons (Fsp3) is 0.625. The van der Waals surface area contributed by atoms with Gasteiger partial charge in [-0.15, -0.1) is 0 Å². The maximum absolute atomic E-state index is 13.8. The van der Waals surface area contributed by atoms with Crippen LogP contribution in [-0.4, -0.2) is 492 Å². The summed E-state index contributed by atoms with van der Waals surface area (Å²) in [5.41, 5.74) is 4.22. The molecular formula is C96H144N22O28. The Bertz CT molecular complexity index is 4170. The lowest BCUT2D eigenvalue weighted by Crippen LogP contribution is -2.49. The SMILES string of the molecule is O=C(O)CN1CCN(C(CCC(=O)NCCCN(CCCCN(CCCNC(=O)CCC(C(=O)O)N2CCN(CC(=O)O)Cc3cccc(n3)CN(CC(=O)O)CC2)CCCNC(=O)CCC(C(=O)O)N2CCN(CC(=O)O)Cc3cccc(n3)CN(CC(=O)O)CC2)CCCNC(=O)CCC(C(=O)O)N2CCN(CC(=O)O)Cc3cccc(n3)CN(CC(=O)O)CC2)C(=O)O)CCN(CC(=O)O)Cc2cccc(n2)C1. The summed E-state index contributed by atoms with van der Waals surface area (Å²) in [6.45, 7) is 1.66. The zero-order valence-electron chi connectivity index (χ0n) is 82.8. The van der Waals surface area contributed by atoms with Crippen LogP contribution >= 0.6 is 0 Å². The number of carboxylic acid groups (broad SMARTS) is 12. The molecule has 50 heteroatoms. The topological polar surface area (TPSA) is 661 Å². The number of carboxylic acids is 12. The Morgan fingerprint density at radius 1 is 0.233 bits per heavy atom. The lowest BCUT2D eigenvalue weighted by atomic mass is 10.1. The molecular weight excluding hydrogens is 1910 g/mol. The van der Waals surface area contributed by atoms with Crippen LogP contribution in [-0.2, 0) is 129 Å². The smallest absolute Gasteiger partial charge is 0.320 e. The summed E-state index contributed by atoms with van der Waals surface area (Å²) < 4.78 is 0. The van der Waals surface area contributed by atoms with Crippen LogP contribution in [0.25, 0.3) is 0 Å². The first-order chi connectivity index (χ1) is 69.8. The molecule has 0 saturated carbocycles. The van der Waals surface area contributed by atoms with E-state index in [2.05, 4.69) is 51.0 Å². The first-order valence-corrected chi connectivity index (χ1v) is 49.5. The summed E-state index contributed by atoms with van der Waals surface area (Å²) >= 11 is 0. The number of fused-ring (bicyclic) bond motifs is 8. The second-order valence-corrected chi connectivity index (χ2v) is 37.2. The number of pyridine rings is 4. The van der Waals surface area contributed by atoms with Gasteiger partial charge in [-0.3, -0.25) is 155 Å². The van der Waals surface area contributed by atoms with Crippen LogP contribution in [0.15, 0.2) is 72.8 Å². The van der Waals surface area contributed by atoms with Crippen LogP contribution in [0.3, 0.4) is 0 Å². The molecule has 4 amide bonds. The van der Waals surface area contributed by atoms with Crippen LogP contribution < -0.4 is 21.3 Å². The maximum atomic E-state index is 13.8. The molecule has 16 N–H and O–H groups in total. The van der Waals surface area contributed by atoms with Crippen molar-refractivity contribution in [1.29, 1.82) is 0 Å². The molecule has 8 heterocycles. The predicted octanol–water partition coefficient (Wildman–Crippen LogP) is -1.93. The number of carbonyl (C=O) groups is 16. The Morgan fingerprint density at radius 2 is 0.384 bits per heavy atom. The number of hydrogen-bond donors (Lipinski definition) is 16. The van der Waals surface area contributed by atoms with Crippen LogP contribution in [0.1, 0.15) is 135 Å². The summed E-state index contributed by atoms with van der Waals surface area (Å²) in [5, 5.41) is 134. The maximum Gasteiger partial charge on any atom is 0.320 e. The summed E-state index contributed by atoms with van der Waals surface area (Å²) in [7, 11) is 0. The molecule has 146 heavy (non-hydrogen) atoms. The lowest BCUT2D eigenvalue weighted by Gasteiger charge is -2.33. The van der Waals surface area contributed by atoms with Gasteiger partial charge in [-0.1, -0.05) is 24.3 Å². The molecule has 0 aliphatic carbocycles. The zero-order valence-corrected chi connectivity index (χ0v) is 82.8. The standard InChI is InChI=1S/C96H144N22O28/c119-81(23-19-77(93(139)140)115-45-37-107(61-85(123)124)53-69-11-3-12-70(101-69)54-108(38-46-115)62-86(125)126)97-27-7-33-105(34-8-28-98-82(120)24-20-78(94(141)142)116-47-39-109(63-87(127)128)55-71-13-4-14-72(102-71)56-110(40-48-116)64-88(129)130)31-1-2-32-106(35-9-29-99-83(121)25-21-79(95(143)144)117-49-41-111(65-89(131)132)57-73-15-5-16-74(103-73)58-112(42-50-117)66-90(133)134)36-10-30-100-84(122)26-22-80(96(145)146)118-51-43-113(67-91(135)136)59-75-17-6-18-76(104-75)60-114(44-52-118)68-92(137)138/h3-6,11-18,77-80H,1-2,7-10,19-68H2,(H,97,119)(H,98,120)(H,99,121)(H,100,122)(H,123,124)(H,125,126)(H,127,128)(H,129,130)(H,131,132)(H,133,134)(H,135,136)(H,137,138)(H,139,140)(H,141,142)(H,143,144)(H,145,146). The minimum atomic E-state index is -1.26. The Balaban J connectivity index is 0.958. The molecule has 4 unspecified atom stereocenters. The second-order valence-electron chi connectivity index (χ2n) is 37.2. The van der Waals surface area contributed by atoms with Crippen molar-refractivity contribution in [1.82, 2.24) is 110 Å². The van der Waals surface area contributed by atoms with Gasteiger partial charge in [-0.05, 0) is 152 Å². The van der Waals surface area contributed by atoms with Gasteiger partial charge in [0.15, 0.2) is 0 Å². The largest absolute Gasteiger partial charge is 0.480 e. The highest BCUT2D eigenvalue weighted by Gasteiger charge is 2.35. The van der Waals surface area contributed by atoms with Crippen molar-refractivity contribution in [2.24, 2.45) is 0 Å². The third-order valence-corrected chi connectivity index (χ3v) is 25.6. The van der Waals surface area contributed by atoms with E-state index < -0.39 is 172 Å². The van der Waals surface area contributed by atoms with E-state index in [0.717, 1.165) is 0 Å². The van der Waals surface area contributed by atoms with E-state index in [-0.39, 0.29) is 235 Å². The average Bonchev–Trinajstić information content (AvgIpc) is 0.861. The number of aromatic nitrogens is 4. The third kappa shape index (κ3) is 46.9. The minimum absolute atomic E-state index is 0.0400. The van der Waals surface area contributed by atoms with Gasteiger partial charge in [0.2, 0.25) is 23.6 Å². The average molecular weight is 2050 g/mol. The van der Waals surface area contributed by atoms with E-state index in [9.17, 15) is 138 Å². The number of rotatable bonds is 57. The Hall–Kier alpha value is -12.4. The second kappa shape index (κ2) is 63.9. The number of aliphatic carboxylic acids is 12. The van der Waals surface area contributed by atoms with E-state index in [1.807, 2.05) is 0 Å². The van der Waals surface area contributed by atoms with Crippen LogP contribution in [0.5, 0.6) is 0 Å². The van der Waals surface area contributed by atoms with Crippen molar-refractivity contribution in [3.63, 3.8) is 0 Å². The molecule has 4 aromatic heterocycles. The minimum Gasteiger partial charge on any atom is -0.480 e. The van der Waals surface area contributed by atoms with Crippen LogP contribution in [0.4, 0.5) is 0 Å². The van der Waals surface area contributed by atoms with Crippen molar-refractivity contribution in [2.75, 3.05) is 223 Å². The third-order valence-electron chi connectivity index (χ3n) is 25.6. The fourth-order valence-corrected chi connectivity index (χ4v) is 18.5. The van der Waals surface area contributed by atoms with Gasteiger partial charge < -0.3 is 92.3 Å².